The summed E-state index contributed by atoms with van der Waals surface area (Å²) >= 11 is 0. The molecule has 0 aliphatic carbocycles. The fourth-order valence-corrected chi connectivity index (χ4v) is 1.80. The van der Waals surface area contributed by atoms with Crippen LogP contribution in [0, 0.1) is 5.92 Å². The van der Waals surface area contributed by atoms with E-state index in [-0.39, 0.29) is 46.6 Å². The van der Waals surface area contributed by atoms with Crippen molar-refractivity contribution in [1.29, 1.82) is 0 Å². The Labute approximate surface area is 122 Å². The van der Waals surface area contributed by atoms with Gasteiger partial charge in [0.15, 0.2) is 5.78 Å². The topological polar surface area (TPSA) is 86.3 Å². The molecule has 88 valence electrons. The van der Waals surface area contributed by atoms with E-state index in [0.29, 0.717) is 6.42 Å². The predicted octanol–water partition coefficient (Wildman–Crippen LogP) is -3.83. The van der Waals surface area contributed by atoms with Gasteiger partial charge in [0, 0.05) is 5.57 Å². The summed E-state index contributed by atoms with van der Waals surface area (Å²) in [6, 6.07) is -0.624. The first kappa shape index (κ1) is 16.4. The number of Topliss-reactive ketones (excluding diaryl/α,β-unsaturated/α-hetero) is 1. The van der Waals surface area contributed by atoms with Crippen molar-refractivity contribution in [1.82, 2.24) is 5.32 Å². The van der Waals surface area contributed by atoms with Gasteiger partial charge >= 0.3 is 29.6 Å². The molecular weight excluding hydrogens is 233 g/mol. The Morgan fingerprint density at radius 3 is 2.35 bits per heavy atom. The maximum Gasteiger partial charge on any atom is 1.00 e. The molecule has 17 heavy (non-hydrogen) atoms. The number of carboxylic acid groups (broad SMARTS) is 1. The van der Waals surface area contributed by atoms with Gasteiger partial charge in [-0.05, 0) is 12.8 Å². The molecule has 1 amide bonds. The molecule has 1 aliphatic rings. The number of amides is 1. The zero-order valence-corrected chi connectivity index (χ0v) is 12.5. The van der Waals surface area contributed by atoms with Crippen molar-refractivity contribution in [3.8, 4) is 0 Å². The van der Waals surface area contributed by atoms with Crippen molar-refractivity contribution in [2.24, 2.45) is 5.92 Å². The van der Waals surface area contributed by atoms with Crippen molar-refractivity contribution < 1.29 is 49.0 Å². The molecule has 1 rings (SSSR count). The van der Waals surface area contributed by atoms with Crippen LogP contribution in [-0.2, 0) is 14.4 Å². The smallest absolute Gasteiger partial charge is 0.545 e. The van der Waals surface area contributed by atoms with Crippen LogP contribution in [0.25, 0.3) is 0 Å². The van der Waals surface area contributed by atoms with E-state index in [2.05, 4.69) is 5.32 Å². The molecule has 1 heterocycles. The van der Waals surface area contributed by atoms with Gasteiger partial charge < -0.3 is 15.2 Å². The van der Waals surface area contributed by atoms with Crippen LogP contribution in [0.3, 0.4) is 0 Å². The molecule has 2 atom stereocenters. The van der Waals surface area contributed by atoms with E-state index in [1.165, 1.54) is 6.92 Å². The third kappa shape index (κ3) is 3.18. The summed E-state index contributed by atoms with van der Waals surface area (Å²) in [6.45, 7) is 4.88. The average Bonchev–Trinajstić information content (AvgIpc) is 2.54. The van der Waals surface area contributed by atoms with E-state index < -0.39 is 23.7 Å². The summed E-state index contributed by atoms with van der Waals surface area (Å²) in [5, 5.41) is 13.5. The summed E-state index contributed by atoms with van der Waals surface area (Å²) in [6.07, 6.45) is 0.701. The second-order valence-corrected chi connectivity index (χ2v) is 3.97. The Morgan fingerprint density at radius 1 is 1.47 bits per heavy atom. The second kappa shape index (κ2) is 6.33. The Morgan fingerprint density at radius 2 is 2.00 bits per heavy atom. The van der Waals surface area contributed by atoms with E-state index in [9.17, 15) is 19.5 Å². The normalized spacial score (nSPS) is 20.6. The molecule has 6 heteroatoms. The van der Waals surface area contributed by atoms with Gasteiger partial charge in [-0.3, -0.25) is 9.59 Å². The zero-order chi connectivity index (χ0) is 12.5. The summed E-state index contributed by atoms with van der Waals surface area (Å²) in [7, 11) is 0. The molecule has 0 saturated heterocycles. The summed E-state index contributed by atoms with van der Waals surface area (Å²) in [5.74, 6) is -2.65. The minimum Gasteiger partial charge on any atom is -0.545 e. The molecule has 0 aromatic carbocycles. The molecule has 0 aromatic rings. The fourth-order valence-electron chi connectivity index (χ4n) is 1.80. The quantitative estimate of drug-likeness (QED) is 0.407. The van der Waals surface area contributed by atoms with Crippen LogP contribution >= 0.6 is 0 Å². The second-order valence-electron chi connectivity index (χ2n) is 3.97. The molecule has 1 N–H and O–H groups in total. The number of nitrogens with one attached hydrogen (secondary N) is 1. The van der Waals surface area contributed by atoms with Crippen LogP contribution in [0.5, 0.6) is 0 Å². The maximum atomic E-state index is 11.5. The van der Waals surface area contributed by atoms with Gasteiger partial charge in [0.2, 0.25) is 0 Å². The van der Waals surface area contributed by atoms with E-state index in [0.717, 1.165) is 0 Å². The minimum atomic E-state index is -1.45. The first-order valence-electron chi connectivity index (χ1n) is 5.17. The first-order valence-corrected chi connectivity index (χ1v) is 5.17. The van der Waals surface area contributed by atoms with Gasteiger partial charge in [0.05, 0.1) is 17.6 Å². The van der Waals surface area contributed by atoms with Crippen LogP contribution in [0.15, 0.2) is 11.1 Å². The number of aliphatic carboxylic acids is 1. The number of carbonyl (C=O) groups is 3. The molecular formula is C11H14NNaO4. The van der Waals surface area contributed by atoms with Gasteiger partial charge in [-0.25, -0.2) is 0 Å². The Kier molecular flexibility index (Phi) is 6.09. The van der Waals surface area contributed by atoms with Crippen molar-refractivity contribution >= 4 is 17.7 Å². The van der Waals surface area contributed by atoms with Crippen LogP contribution in [-0.4, -0.2) is 23.7 Å². The SMILES string of the molecule is CCC(C)C1NC(=O)C(C(C)=O)=C1C(=O)[O-].[Na+]. The third-order valence-corrected chi connectivity index (χ3v) is 2.88. The third-order valence-electron chi connectivity index (χ3n) is 2.88. The van der Waals surface area contributed by atoms with E-state index in [1.807, 2.05) is 13.8 Å². The Balaban J connectivity index is 0.00000256. The van der Waals surface area contributed by atoms with E-state index >= 15 is 0 Å². The predicted molar refractivity (Wildman–Crippen MR) is 54.1 cm³/mol. The van der Waals surface area contributed by atoms with Crippen molar-refractivity contribution in [3.63, 3.8) is 0 Å². The standard InChI is InChI=1S/C11H15NO4.Na/c1-4-5(2)9-8(11(15)16)7(6(3)13)10(14)12-9;/h5,9H,4H2,1-3H3,(H,12,14)(H,15,16);/q;+1/p-1. The largest absolute Gasteiger partial charge is 1.00 e. The van der Waals surface area contributed by atoms with Gasteiger partial charge in [0.1, 0.15) is 0 Å². The monoisotopic (exact) mass is 247 g/mol. The number of carboxylic acids is 1. The molecule has 5 nitrogen and oxygen atoms in total. The average molecular weight is 247 g/mol. The molecule has 0 radical (unpaired) electrons. The zero-order valence-electron chi connectivity index (χ0n) is 10.5. The van der Waals surface area contributed by atoms with Crippen LogP contribution in [0.4, 0.5) is 0 Å². The first-order chi connectivity index (χ1) is 7.40. The number of carbonyl (C=O) groups excluding carboxylic acids is 3. The van der Waals surface area contributed by atoms with Gasteiger partial charge in [0.25, 0.3) is 5.91 Å². The van der Waals surface area contributed by atoms with Crippen molar-refractivity contribution in [3.05, 3.63) is 11.1 Å². The summed E-state index contributed by atoms with van der Waals surface area (Å²) in [4.78, 5) is 33.7. The Bertz CT molecular complexity index is 389. The van der Waals surface area contributed by atoms with Crippen LogP contribution < -0.4 is 40.0 Å². The molecule has 2 unspecified atom stereocenters. The molecule has 0 fully saturated rings. The summed E-state index contributed by atoms with van der Waals surface area (Å²) in [5.41, 5.74) is -0.475. The van der Waals surface area contributed by atoms with E-state index in [1.54, 1.807) is 0 Å². The van der Waals surface area contributed by atoms with Crippen LogP contribution in [0.2, 0.25) is 0 Å². The molecule has 0 saturated carbocycles. The van der Waals surface area contributed by atoms with Gasteiger partial charge in [-0.15, -0.1) is 0 Å². The molecule has 0 aromatic heterocycles. The van der Waals surface area contributed by atoms with E-state index in [4.69, 9.17) is 0 Å². The van der Waals surface area contributed by atoms with Crippen LogP contribution in [0.1, 0.15) is 27.2 Å². The molecule has 0 spiro atoms. The van der Waals surface area contributed by atoms with Crippen molar-refractivity contribution in [2.75, 3.05) is 0 Å². The van der Waals surface area contributed by atoms with Crippen molar-refractivity contribution in [2.45, 2.75) is 33.2 Å². The molecule has 0 bridgehead atoms. The summed E-state index contributed by atoms with van der Waals surface area (Å²) < 4.78 is 0. The molecule has 1 aliphatic heterocycles. The maximum absolute atomic E-state index is 11.5. The number of hydrogen-bond donors (Lipinski definition) is 1. The minimum absolute atomic E-state index is 0. The number of rotatable bonds is 4. The Hall–Kier alpha value is -0.650. The van der Waals surface area contributed by atoms with Gasteiger partial charge in [-0.1, -0.05) is 20.3 Å². The number of ketones is 1. The number of hydrogen-bond acceptors (Lipinski definition) is 4. The van der Waals surface area contributed by atoms with Gasteiger partial charge in [-0.2, -0.15) is 0 Å². The fraction of sp³-hybridized carbons (Fsp3) is 0.545.